The van der Waals surface area contributed by atoms with Gasteiger partial charge in [0, 0.05) is 6.20 Å². The maximum absolute atomic E-state index is 11.9. The first kappa shape index (κ1) is 11.9. The Morgan fingerprint density at radius 2 is 2.00 bits per heavy atom. The first-order valence-electron chi connectivity index (χ1n) is 5.33. The van der Waals surface area contributed by atoms with Crippen molar-refractivity contribution in [2.75, 3.05) is 5.32 Å². The Morgan fingerprint density at radius 1 is 1.22 bits per heavy atom. The molecule has 18 heavy (non-hydrogen) atoms. The second-order valence-electron chi connectivity index (χ2n) is 3.85. The molecule has 92 valence electrons. The number of carbonyl (C=O) groups excluding carboxylic acids is 1. The van der Waals surface area contributed by atoms with E-state index in [2.05, 4.69) is 10.3 Å². The fourth-order valence-electron chi connectivity index (χ4n) is 1.50. The van der Waals surface area contributed by atoms with Gasteiger partial charge in [-0.3, -0.25) is 4.79 Å². The van der Waals surface area contributed by atoms with Crippen molar-refractivity contribution < 1.29 is 15.0 Å². The monoisotopic (exact) mass is 244 g/mol. The fourth-order valence-corrected chi connectivity index (χ4v) is 1.50. The van der Waals surface area contributed by atoms with E-state index >= 15 is 0 Å². The number of aryl methyl sites for hydroxylation is 1. The predicted octanol–water partition coefficient (Wildman–Crippen LogP) is 2.05. The van der Waals surface area contributed by atoms with Crippen LogP contribution in [0.4, 0.5) is 5.82 Å². The van der Waals surface area contributed by atoms with Crippen molar-refractivity contribution >= 4 is 11.7 Å². The molecular weight excluding hydrogens is 232 g/mol. The summed E-state index contributed by atoms with van der Waals surface area (Å²) in [5.41, 5.74) is 0.982. The summed E-state index contributed by atoms with van der Waals surface area (Å²) in [5, 5.41) is 21.6. The van der Waals surface area contributed by atoms with Crippen LogP contribution in [0.15, 0.2) is 36.5 Å². The number of pyridine rings is 1. The Bertz CT molecular complexity index is 597. The summed E-state index contributed by atoms with van der Waals surface area (Å²) in [7, 11) is 0. The molecule has 5 heteroatoms. The van der Waals surface area contributed by atoms with Crippen LogP contribution in [-0.4, -0.2) is 21.1 Å². The number of aromatic nitrogens is 1. The molecule has 0 aliphatic heterocycles. The van der Waals surface area contributed by atoms with Crippen molar-refractivity contribution in [1.29, 1.82) is 0 Å². The number of anilines is 1. The molecule has 0 fully saturated rings. The van der Waals surface area contributed by atoms with Gasteiger partial charge in [-0.25, -0.2) is 4.98 Å². The molecule has 0 aliphatic carbocycles. The largest absolute Gasteiger partial charge is 0.507 e. The van der Waals surface area contributed by atoms with Gasteiger partial charge in [0.15, 0.2) is 11.6 Å². The predicted molar refractivity (Wildman–Crippen MR) is 66.7 cm³/mol. The quantitative estimate of drug-likeness (QED) is 0.755. The van der Waals surface area contributed by atoms with Crippen LogP contribution < -0.4 is 5.32 Å². The minimum atomic E-state index is -0.526. The number of phenolic OH excluding ortho intramolecular Hbond substituents is 1. The Kier molecular flexibility index (Phi) is 3.14. The van der Waals surface area contributed by atoms with Crippen molar-refractivity contribution in [3.63, 3.8) is 0 Å². The molecule has 0 bridgehead atoms. The molecule has 1 heterocycles. The van der Waals surface area contributed by atoms with Gasteiger partial charge in [-0.15, -0.1) is 0 Å². The molecule has 0 saturated heterocycles. The van der Waals surface area contributed by atoms with Crippen LogP contribution in [0.3, 0.4) is 0 Å². The van der Waals surface area contributed by atoms with E-state index in [1.54, 1.807) is 12.1 Å². The number of carbonyl (C=O) groups is 1. The molecule has 3 N–H and O–H groups in total. The lowest BCUT2D eigenvalue weighted by Gasteiger charge is -2.07. The molecule has 1 aromatic carbocycles. The zero-order chi connectivity index (χ0) is 13.1. The third-order valence-corrected chi connectivity index (χ3v) is 2.42. The molecule has 5 nitrogen and oxygen atoms in total. The summed E-state index contributed by atoms with van der Waals surface area (Å²) in [6.07, 6.45) is 1.45. The number of nitrogens with zero attached hydrogens (tertiary/aromatic N) is 1. The summed E-state index contributed by atoms with van der Waals surface area (Å²) >= 11 is 0. The second-order valence-corrected chi connectivity index (χ2v) is 3.85. The highest BCUT2D eigenvalue weighted by Gasteiger charge is 2.13. The zero-order valence-corrected chi connectivity index (χ0v) is 9.71. The third-order valence-electron chi connectivity index (χ3n) is 2.42. The van der Waals surface area contributed by atoms with Gasteiger partial charge >= 0.3 is 0 Å². The number of nitrogens with one attached hydrogen (secondary N) is 1. The molecule has 0 saturated carbocycles. The lowest BCUT2D eigenvalue weighted by atomic mass is 10.1. The Hall–Kier alpha value is -2.56. The van der Waals surface area contributed by atoms with Crippen molar-refractivity contribution in [1.82, 2.24) is 4.98 Å². The first-order chi connectivity index (χ1) is 8.58. The molecule has 0 aliphatic rings. The Labute approximate surface area is 104 Å². The van der Waals surface area contributed by atoms with E-state index in [0.717, 1.165) is 5.56 Å². The summed E-state index contributed by atoms with van der Waals surface area (Å²) < 4.78 is 0. The lowest BCUT2D eigenvalue weighted by Crippen LogP contribution is -2.13. The number of rotatable bonds is 2. The van der Waals surface area contributed by atoms with Gasteiger partial charge in [0.05, 0.1) is 5.56 Å². The summed E-state index contributed by atoms with van der Waals surface area (Å²) in [5.74, 6) is -0.704. The van der Waals surface area contributed by atoms with E-state index in [1.165, 1.54) is 24.4 Å². The standard InChI is InChI=1S/C13H12N2O3/c1-8-4-5-9(11(17)7-8)13(18)15-12-10(16)3-2-6-14-12/h2-7,16-17H,1H3,(H,14,15,18). The SMILES string of the molecule is Cc1ccc(C(=O)Nc2ncccc2O)c(O)c1. The molecule has 0 atom stereocenters. The average Bonchev–Trinajstić information content (AvgIpc) is 2.32. The van der Waals surface area contributed by atoms with Crippen LogP contribution in [0, 0.1) is 6.92 Å². The van der Waals surface area contributed by atoms with E-state index in [1.807, 2.05) is 6.92 Å². The maximum atomic E-state index is 11.9. The van der Waals surface area contributed by atoms with Crippen molar-refractivity contribution in [3.8, 4) is 11.5 Å². The molecule has 2 aromatic rings. The van der Waals surface area contributed by atoms with Gasteiger partial charge in [-0.2, -0.15) is 0 Å². The highest BCUT2D eigenvalue weighted by atomic mass is 16.3. The van der Waals surface area contributed by atoms with Gasteiger partial charge in [-0.1, -0.05) is 6.07 Å². The Morgan fingerprint density at radius 3 is 2.67 bits per heavy atom. The molecule has 1 amide bonds. The number of benzene rings is 1. The number of hydrogen-bond acceptors (Lipinski definition) is 4. The van der Waals surface area contributed by atoms with Crippen molar-refractivity contribution in [3.05, 3.63) is 47.7 Å². The minimum absolute atomic E-state index is 0.0578. The average molecular weight is 244 g/mol. The first-order valence-corrected chi connectivity index (χ1v) is 5.33. The van der Waals surface area contributed by atoms with E-state index < -0.39 is 5.91 Å². The molecule has 0 unspecified atom stereocenters. The van der Waals surface area contributed by atoms with Gasteiger partial charge < -0.3 is 15.5 Å². The van der Waals surface area contributed by atoms with E-state index in [0.29, 0.717) is 0 Å². The Balaban J connectivity index is 2.25. The normalized spacial score (nSPS) is 10.1. The topological polar surface area (TPSA) is 82.5 Å². The van der Waals surface area contributed by atoms with Crippen LogP contribution in [0.1, 0.15) is 15.9 Å². The highest BCUT2D eigenvalue weighted by molar-refractivity contribution is 6.06. The fraction of sp³-hybridized carbons (Fsp3) is 0.0769. The summed E-state index contributed by atoms with van der Waals surface area (Å²) in [6.45, 7) is 1.81. The number of aromatic hydroxyl groups is 2. The van der Waals surface area contributed by atoms with Crippen molar-refractivity contribution in [2.24, 2.45) is 0 Å². The van der Waals surface area contributed by atoms with Crippen LogP contribution in [-0.2, 0) is 0 Å². The van der Waals surface area contributed by atoms with Gasteiger partial charge in [-0.05, 0) is 36.8 Å². The third kappa shape index (κ3) is 2.40. The zero-order valence-electron chi connectivity index (χ0n) is 9.71. The van der Waals surface area contributed by atoms with E-state index in [4.69, 9.17) is 0 Å². The van der Waals surface area contributed by atoms with Crippen LogP contribution in [0.2, 0.25) is 0 Å². The van der Waals surface area contributed by atoms with Crippen molar-refractivity contribution in [2.45, 2.75) is 6.92 Å². The molecule has 0 radical (unpaired) electrons. The second kappa shape index (κ2) is 4.75. The highest BCUT2D eigenvalue weighted by Crippen LogP contribution is 2.22. The van der Waals surface area contributed by atoms with Crippen LogP contribution in [0.5, 0.6) is 11.5 Å². The number of phenols is 1. The number of amides is 1. The smallest absolute Gasteiger partial charge is 0.260 e. The minimum Gasteiger partial charge on any atom is -0.507 e. The van der Waals surface area contributed by atoms with E-state index in [-0.39, 0.29) is 22.9 Å². The van der Waals surface area contributed by atoms with Crippen LogP contribution >= 0.6 is 0 Å². The summed E-state index contributed by atoms with van der Waals surface area (Å²) in [4.78, 5) is 15.7. The van der Waals surface area contributed by atoms with E-state index in [9.17, 15) is 15.0 Å². The molecule has 1 aromatic heterocycles. The van der Waals surface area contributed by atoms with Crippen LogP contribution in [0.25, 0.3) is 0 Å². The number of hydrogen-bond donors (Lipinski definition) is 3. The summed E-state index contributed by atoms with van der Waals surface area (Å²) in [6, 6.07) is 7.69. The molecule has 0 spiro atoms. The van der Waals surface area contributed by atoms with Gasteiger partial charge in [0.1, 0.15) is 5.75 Å². The molecule has 2 rings (SSSR count). The molecular formula is C13H12N2O3. The van der Waals surface area contributed by atoms with Gasteiger partial charge in [0.2, 0.25) is 0 Å². The maximum Gasteiger partial charge on any atom is 0.260 e. The lowest BCUT2D eigenvalue weighted by molar-refractivity contribution is 0.102. The van der Waals surface area contributed by atoms with Gasteiger partial charge in [0.25, 0.3) is 5.91 Å².